The molecule has 0 saturated carbocycles. The van der Waals surface area contributed by atoms with Crippen LogP contribution >= 0.6 is 0 Å². The molecule has 0 aromatic rings. The normalized spacial score (nSPS) is 16.5. The standard InChI is InChI=1S/C16H30O3/c1-7-18-15(5)9-13(3)11-17-12-14(4)10-16(6)19-8-2/h9-10,15-16H,7-8,11-12H2,1-6H3. The van der Waals surface area contributed by atoms with Crippen molar-refractivity contribution in [3.05, 3.63) is 23.3 Å². The molecule has 0 heterocycles. The Kier molecular flexibility index (Phi) is 10.8. The zero-order chi connectivity index (χ0) is 14.7. The van der Waals surface area contributed by atoms with Gasteiger partial charge in [0.05, 0.1) is 25.4 Å². The molecule has 3 nitrogen and oxygen atoms in total. The summed E-state index contributed by atoms with van der Waals surface area (Å²) in [6.07, 6.45) is 4.52. The number of hydrogen-bond acceptors (Lipinski definition) is 3. The maximum Gasteiger partial charge on any atom is 0.0730 e. The summed E-state index contributed by atoms with van der Waals surface area (Å²) < 4.78 is 16.6. The first-order valence-corrected chi connectivity index (χ1v) is 7.15. The molecule has 0 spiro atoms. The van der Waals surface area contributed by atoms with E-state index in [0.29, 0.717) is 13.2 Å². The van der Waals surface area contributed by atoms with Crippen molar-refractivity contribution >= 4 is 0 Å². The second-order valence-corrected chi connectivity index (χ2v) is 4.84. The third-order valence-corrected chi connectivity index (χ3v) is 2.56. The summed E-state index contributed by atoms with van der Waals surface area (Å²) in [4.78, 5) is 0. The summed E-state index contributed by atoms with van der Waals surface area (Å²) in [5.41, 5.74) is 2.40. The molecule has 0 rings (SSSR count). The van der Waals surface area contributed by atoms with Crippen molar-refractivity contribution in [3.63, 3.8) is 0 Å². The Labute approximate surface area is 118 Å². The van der Waals surface area contributed by atoms with Crippen LogP contribution in [0.4, 0.5) is 0 Å². The first-order chi connectivity index (χ1) is 8.99. The lowest BCUT2D eigenvalue weighted by atomic mass is 10.2. The molecule has 0 aliphatic carbocycles. The molecule has 0 aliphatic rings. The Morgan fingerprint density at radius 1 is 0.842 bits per heavy atom. The highest BCUT2D eigenvalue weighted by Crippen LogP contribution is 2.04. The molecule has 0 aliphatic heterocycles. The van der Waals surface area contributed by atoms with Crippen molar-refractivity contribution in [2.45, 2.75) is 53.8 Å². The lowest BCUT2D eigenvalue weighted by Gasteiger charge is -2.11. The molecular weight excluding hydrogens is 240 g/mol. The van der Waals surface area contributed by atoms with Crippen LogP contribution in [0.1, 0.15) is 41.5 Å². The molecule has 0 N–H and O–H groups in total. The highest BCUT2D eigenvalue weighted by atomic mass is 16.5. The Balaban J connectivity index is 3.95. The smallest absolute Gasteiger partial charge is 0.0730 e. The lowest BCUT2D eigenvalue weighted by Crippen LogP contribution is -2.08. The van der Waals surface area contributed by atoms with Gasteiger partial charge in [-0.15, -0.1) is 0 Å². The molecule has 0 aromatic heterocycles. The van der Waals surface area contributed by atoms with Gasteiger partial charge in [0, 0.05) is 13.2 Å². The average Bonchev–Trinajstić information content (AvgIpc) is 2.28. The van der Waals surface area contributed by atoms with Gasteiger partial charge in [-0.3, -0.25) is 0 Å². The molecule has 19 heavy (non-hydrogen) atoms. The number of hydrogen-bond donors (Lipinski definition) is 0. The molecule has 0 amide bonds. The van der Waals surface area contributed by atoms with E-state index < -0.39 is 0 Å². The van der Waals surface area contributed by atoms with Gasteiger partial charge in [-0.1, -0.05) is 12.2 Å². The fourth-order valence-electron chi connectivity index (χ4n) is 1.89. The van der Waals surface area contributed by atoms with Crippen LogP contribution in [-0.2, 0) is 14.2 Å². The minimum absolute atomic E-state index is 0.156. The maximum atomic E-state index is 5.67. The monoisotopic (exact) mass is 270 g/mol. The van der Waals surface area contributed by atoms with Crippen LogP contribution in [0.2, 0.25) is 0 Å². The van der Waals surface area contributed by atoms with E-state index in [1.807, 2.05) is 27.7 Å². The topological polar surface area (TPSA) is 27.7 Å². The van der Waals surface area contributed by atoms with Gasteiger partial charge in [0.15, 0.2) is 0 Å². The maximum absolute atomic E-state index is 5.67. The molecular formula is C16H30O3. The Morgan fingerprint density at radius 3 is 1.53 bits per heavy atom. The van der Waals surface area contributed by atoms with Crippen LogP contribution in [0.3, 0.4) is 0 Å². The Morgan fingerprint density at radius 2 is 1.21 bits per heavy atom. The van der Waals surface area contributed by atoms with E-state index in [9.17, 15) is 0 Å². The van der Waals surface area contributed by atoms with E-state index in [1.165, 1.54) is 11.1 Å². The lowest BCUT2D eigenvalue weighted by molar-refractivity contribution is 0.106. The van der Waals surface area contributed by atoms with E-state index in [2.05, 4.69) is 26.0 Å². The molecule has 0 saturated heterocycles. The summed E-state index contributed by atoms with van der Waals surface area (Å²) >= 11 is 0. The Hall–Kier alpha value is -0.640. The zero-order valence-electron chi connectivity index (χ0n) is 13.4. The Bertz CT molecular complexity index is 254. The van der Waals surface area contributed by atoms with E-state index in [0.717, 1.165) is 13.2 Å². The first kappa shape index (κ1) is 18.4. The highest BCUT2D eigenvalue weighted by molar-refractivity contribution is 5.04. The van der Waals surface area contributed by atoms with E-state index in [1.54, 1.807) is 0 Å². The van der Waals surface area contributed by atoms with Crippen molar-refractivity contribution in [1.82, 2.24) is 0 Å². The summed E-state index contributed by atoms with van der Waals surface area (Å²) in [7, 11) is 0. The van der Waals surface area contributed by atoms with Gasteiger partial charge in [0.1, 0.15) is 0 Å². The molecule has 2 unspecified atom stereocenters. The van der Waals surface area contributed by atoms with Gasteiger partial charge in [-0.05, 0) is 52.7 Å². The third kappa shape index (κ3) is 10.9. The van der Waals surface area contributed by atoms with Gasteiger partial charge in [0.2, 0.25) is 0 Å². The van der Waals surface area contributed by atoms with E-state index in [4.69, 9.17) is 14.2 Å². The second kappa shape index (κ2) is 11.2. The SMILES string of the molecule is CCOC(C)C=C(C)COCC(C)=CC(C)OCC. The quantitative estimate of drug-likeness (QED) is 0.566. The van der Waals surface area contributed by atoms with Crippen LogP contribution in [0, 0.1) is 0 Å². The summed E-state index contributed by atoms with van der Waals surface area (Å²) in [5.74, 6) is 0. The molecule has 2 atom stereocenters. The minimum Gasteiger partial charge on any atom is -0.375 e. The van der Waals surface area contributed by atoms with Gasteiger partial charge in [-0.25, -0.2) is 0 Å². The van der Waals surface area contributed by atoms with Crippen LogP contribution in [-0.4, -0.2) is 38.6 Å². The van der Waals surface area contributed by atoms with Crippen molar-refractivity contribution in [1.29, 1.82) is 0 Å². The molecule has 3 heteroatoms. The van der Waals surface area contributed by atoms with Crippen molar-refractivity contribution in [2.24, 2.45) is 0 Å². The fraction of sp³-hybridized carbons (Fsp3) is 0.750. The average molecular weight is 270 g/mol. The van der Waals surface area contributed by atoms with Crippen LogP contribution in [0.5, 0.6) is 0 Å². The van der Waals surface area contributed by atoms with Crippen molar-refractivity contribution in [3.8, 4) is 0 Å². The second-order valence-electron chi connectivity index (χ2n) is 4.84. The minimum atomic E-state index is 0.156. The summed E-state index contributed by atoms with van der Waals surface area (Å²) in [6.45, 7) is 15.0. The predicted molar refractivity (Wildman–Crippen MR) is 80.5 cm³/mol. The highest BCUT2D eigenvalue weighted by Gasteiger charge is 2.00. The summed E-state index contributed by atoms with van der Waals surface area (Å²) in [6, 6.07) is 0. The molecule has 0 bridgehead atoms. The van der Waals surface area contributed by atoms with Gasteiger partial charge in [0.25, 0.3) is 0 Å². The first-order valence-electron chi connectivity index (χ1n) is 7.15. The van der Waals surface area contributed by atoms with Gasteiger partial charge >= 0.3 is 0 Å². The van der Waals surface area contributed by atoms with Crippen molar-refractivity contribution < 1.29 is 14.2 Å². The molecule has 0 radical (unpaired) electrons. The van der Waals surface area contributed by atoms with Crippen molar-refractivity contribution in [2.75, 3.05) is 26.4 Å². The van der Waals surface area contributed by atoms with Crippen LogP contribution < -0.4 is 0 Å². The number of ether oxygens (including phenoxy) is 3. The van der Waals surface area contributed by atoms with Gasteiger partial charge in [-0.2, -0.15) is 0 Å². The third-order valence-electron chi connectivity index (χ3n) is 2.56. The molecule has 112 valence electrons. The summed E-state index contributed by atoms with van der Waals surface area (Å²) in [5, 5.41) is 0. The largest absolute Gasteiger partial charge is 0.375 e. The van der Waals surface area contributed by atoms with Crippen LogP contribution in [0.15, 0.2) is 23.3 Å². The fourth-order valence-corrected chi connectivity index (χ4v) is 1.89. The van der Waals surface area contributed by atoms with Gasteiger partial charge < -0.3 is 14.2 Å². The van der Waals surface area contributed by atoms with E-state index in [-0.39, 0.29) is 12.2 Å². The zero-order valence-corrected chi connectivity index (χ0v) is 13.4. The molecule has 0 fully saturated rings. The van der Waals surface area contributed by atoms with Crippen LogP contribution in [0.25, 0.3) is 0 Å². The number of rotatable bonds is 10. The predicted octanol–water partition coefficient (Wildman–Crippen LogP) is 3.75. The molecule has 0 aromatic carbocycles. The van der Waals surface area contributed by atoms with E-state index >= 15 is 0 Å².